The van der Waals surface area contributed by atoms with Gasteiger partial charge < -0.3 is 9.84 Å². The van der Waals surface area contributed by atoms with Gasteiger partial charge in [-0.2, -0.15) is 0 Å². The fourth-order valence-electron chi connectivity index (χ4n) is 1.85. The minimum atomic E-state index is -1.00. The molecule has 0 aliphatic carbocycles. The predicted octanol–water partition coefficient (Wildman–Crippen LogP) is 3.81. The molecule has 0 saturated heterocycles. The number of halogens is 1. The molecule has 21 heavy (non-hydrogen) atoms. The first-order chi connectivity index (χ1) is 10.1. The molecule has 2 aromatic carbocycles. The fraction of sp³-hybridized carbons (Fsp3) is 0.118. The van der Waals surface area contributed by atoms with Crippen LogP contribution in [-0.4, -0.2) is 11.1 Å². The predicted molar refractivity (Wildman–Crippen MR) is 78.6 cm³/mol. The van der Waals surface area contributed by atoms with Crippen LogP contribution in [0.15, 0.2) is 48.5 Å². The topological polar surface area (TPSA) is 46.5 Å². The smallest absolute Gasteiger partial charge is 0.328 e. The second-order valence-corrected chi connectivity index (χ2v) is 4.59. The molecular formula is C17H15FO3. The van der Waals surface area contributed by atoms with Crippen molar-refractivity contribution in [3.8, 4) is 5.75 Å². The van der Waals surface area contributed by atoms with Crippen LogP contribution in [0, 0.1) is 12.7 Å². The summed E-state index contributed by atoms with van der Waals surface area (Å²) in [6, 6.07) is 12.2. The van der Waals surface area contributed by atoms with Crippen LogP contribution in [0.3, 0.4) is 0 Å². The van der Waals surface area contributed by atoms with E-state index in [-0.39, 0.29) is 18.2 Å². The average Bonchev–Trinajstić information content (AvgIpc) is 2.47. The van der Waals surface area contributed by atoms with Gasteiger partial charge in [-0.05, 0) is 41.8 Å². The maximum atomic E-state index is 13.8. The van der Waals surface area contributed by atoms with E-state index in [4.69, 9.17) is 9.84 Å². The first-order valence-electron chi connectivity index (χ1n) is 6.44. The van der Waals surface area contributed by atoms with Crippen LogP contribution in [0.2, 0.25) is 0 Å². The van der Waals surface area contributed by atoms with Gasteiger partial charge in [-0.25, -0.2) is 9.18 Å². The number of hydrogen-bond donors (Lipinski definition) is 1. The molecule has 0 aliphatic rings. The number of aryl methyl sites for hydroxylation is 1. The lowest BCUT2D eigenvalue weighted by molar-refractivity contribution is -0.131. The highest BCUT2D eigenvalue weighted by atomic mass is 19.1. The first kappa shape index (κ1) is 14.8. The van der Waals surface area contributed by atoms with Crippen molar-refractivity contribution in [2.45, 2.75) is 13.5 Å². The zero-order valence-electron chi connectivity index (χ0n) is 11.5. The Morgan fingerprint density at radius 3 is 2.81 bits per heavy atom. The number of benzene rings is 2. The summed E-state index contributed by atoms with van der Waals surface area (Å²) in [6.07, 6.45) is 2.57. The largest absolute Gasteiger partial charge is 0.486 e. The van der Waals surface area contributed by atoms with Crippen molar-refractivity contribution < 1.29 is 19.0 Å². The van der Waals surface area contributed by atoms with Gasteiger partial charge in [0.15, 0.2) is 11.6 Å². The third-order valence-corrected chi connectivity index (χ3v) is 2.92. The summed E-state index contributed by atoms with van der Waals surface area (Å²) in [5, 5.41) is 8.60. The lowest BCUT2D eigenvalue weighted by Crippen LogP contribution is -1.98. The molecule has 0 aromatic heterocycles. The van der Waals surface area contributed by atoms with Crippen LogP contribution in [0.1, 0.15) is 16.7 Å². The molecule has 0 unspecified atom stereocenters. The molecule has 0 heterocycles. The van der Waals surface area contributed by atoms with E-state index in [1.807, 2.05) is 6.07 Å². The molecule has 0 amide bonds. The fourth-order valence-corrected chi connectivity index (χ4v) is 1.85. The SMILES string of the molecule is Cc1cccc(OCc2cccc(/C=C/C(=O)O)c2)c1F. The summed E-state index contributed by atoms with van der Waals surface area (Å²) in [5.41, 5.74) is 2.12. The van der Waals surface area contributed by atoms with E-state index in [1.165, 1.54) is 6.08 Å². The number of ether oxygens (including phenoxy) is 1. The molecule has 0 spiro atoms. The highest BCUT2D eigenvalue weighted by molar-refractivity contribution is 5.85. The first-order valence-corrected chi connectivity index (χ1v) is 6.44. The molecule has 2 rings (SSSR count). The minimum absolute atomic E-state index is 0.210. The molecule has 2 aromatic rings. The molecule has 3 nitrogen and oxygen atoms in total. The third kappa shape index (κ3) is 4.18. The van der Waals surface area contributed by atoms with Gasteiger partial charge in [-0.3, -0.25) is 0 Å². The molecule has 4 heteroatoms. The van der Waals surface area contributed by atoms with E-state index in [1.54, 1.807) is 43.3 Å². The minimum Gasteiger partial charge on any atom is -0.486 e. The van der Waals surface area contributed by atoms with Crippen LogP contribution in [-0.2, 0) is 11.4 Å². The Morgan fingerprint density at radius 1 is 1.29 bits per heavy atom. The number of rotatable bonds is 5. The highest BCUT2D eigenvalue weighted by Crippen LogP contribution is 2.21. The van der Waals surface area contributed by atoms with E-state index < -0.39 is 5.97 Å². The van der Waals surface area contributed by atoms with Crippen molar-refractivity contribution in [1.82, 2.24) is 0 Å². The Labute approximate surface area is 122 Å². The van der Waals surface area contributed by atoms with E-state index >= 15 is 0 Å². The lowest BCUT2D eigenvalue weighted by atomic mass is 10.1. The van der Waals surface area contributed by atoms with Gasteiger partial charge in [0.05, 0.1) is 0 Å². The number of carboxylic acids is 1. The van der Waals surface area contributed by atoms with Gasteiger partial charge in [0.2, 0.25) is 0 Å². The zero-order chi connectivity index (χ0) is 15.2. The second-order valence-electron chi connectivity index (χ2n) is 4.59. The average molecular weight is 286 g/mol. The summed E-state index contributed by atoms with van der Waals surface area (Å²) in [6.45, 7) is 1.90. The molecule has 0 atom stereocenters. The monoisotopic (exact) mass is 286 g/mol. The van der Waals surface area contributed by atoms with Gasteiger partial charge in [-0.1, -0.05) is 30.3 Å². The molecule has 0 radical (unpaired) electrons. The Bertz CT molecular complexity index is 677. The third-order valence-electron chi connectivity index (χ3n) is 2.92. The van der Waals surface area contributed by atoms with Gasteiger partial charge in [0.1, 0.15) is 6.61 Å². The van der Waals surface area contributed by atoms with E-state index in [0.29, 0.717) is 5.56 Å². The normalized spacial score (nSPS) is 10.8. The number of aliphatic carboxylic acids is 1. The zero-order valence-corrected chi connectivity index (χ0v) is 11.5. The van der Waals surface area contributed by atoms with Crippen molar-refractivity contribution in [1.29, 1.82) is 0 Å². The van der Waals surface area contributed by atoms with Gasteiger partial charge in [0, 0.05) is 6.08 Å². The van der Waals surface area contributed by atoms with Crippen LogP contribution in [0.4, 0.5) is 4.39 Å². The van der Waals surface area contributed by atoms with Crippen molar-refractivity contribution in [3.63, 3.8) is 0 Å². The summed E-state index contributed by atoms with van der Waals surface area (Å²) >= 11 is 0. The van der Waals surface area contributed by atoms with Crippen LogP contribution in [0.5, 0.6) is 5.75 Å². The maximum absolute atomic E-state index is 13.8. The summed E-state index contributed by atoms with van der Waals surface area (Å²) in [7, 11) is 0. The number of carbonyl (C=O) groups is 1. The Hall–Kier alpha value is -2.62. The Balaban J connectivity index is 2.08. The van der Waals surface area contributed by atoms with E-state index in [9.17, 15) is 9.18 Å². The van der Waals surface area contributed by atoms with Crippen LogP contribution in [0.25, 0.3) is 6.08 Å². The molecular weight excluding hydrogens is 271 g/mol. The second kappa shape index (κ2) is 6.70. The van der Waals surface area contributed by atoms with Gasteiger partial charge in [0.25, 0.3) is 0 Å². The lowest BCUT2D eigenvalue weighted by Gasteiger charge is -2.09. The van der Waals surface area contributed by atoms with Crippen molar-refractivity contribution >= 4 is 12.0 Å². The summed E-state index contributed by atoms with van der Waals surface area (Å²) in [4.78, 5) is 10.5. The Morgan fingerprint density at radius 2 is 2.05 bits per heavy atom. The van der Waals surface area contributed by atoms with Crippen molar-refractivity contribution in [2.75, 3.05) is 0 Å². The van der Waals surface area contributed by atoms with E-state index in [2.05, 4.69) is 0 Å². The van der Waals surface area contributed by atoms with Gasteiger partial charge in [-0.15, -0.1) is 0 Å². The molecule has 108 valence electrons. The summed E-state index contributed by atoms with van der Waals surface area (Å²) in [5.74, 6) is -1.15. The quantitative estimate of drug-likeness (QED) is 0.850. The van der Waals surface area contributed by atoms with E-state index in [0.717, 1.165) is 17.2 Å². The van der Waals surface area contributed by atoms with Crippen LogP contribution < -0.4 is 4.74 Å². The molecule has 0 saturated carbocycles. The maximum Gasteiger partial charge on any atom is 0.328 e. The number of hydrogen-bond acceptors (Lipinski definition) is 2. The molecule has 0 bridgehead atoms. The highest BCUT2D eigenvalue weighted by Gasteiger charge is 2.05. The standard InChI is InChI=1S/C17H15FO3/c1-12-4-2-7-15(17(12)18)21-11-14-6-3-5-13(10-14)8-9-16(19)20/h2-10H,11H2,1H3,(H,19,20)/b9-8+. The van der Waals surface area contributed by atoms with Crippen LogP contribution >= 0.6 is 0 Å². The molecule has 0 fully saturated rings. The van der Waals surface area contributed by atoms with Crippen molar-refractivity contribution in [3.05, 3.63) is 71.0 Å². The Kier molecular flexibility index (Phi) is 4.72. The van der Waals surface area contributed by atoms with Gasteiger partial charge >= 0.3 is 5.97 Å². The summed E-state index contributed by atoms with van der Waals surface area (Å²) < 4.78 is 19.3. The molecule has 1 N–H and O–H groups in total. The molecule has 0 aliphatic heterocycles. The number of carboxylic acid groups (broad SMARTS) is 1. The van der Waals surface area contributed by atoms with Crippen molar-refractivity contribution in [2.24, 2.45) is 0 Å².